The third kappa shape index (κ3) is 5.11. The molecule has 0 spiro atoms. The van der Waals surface area contributed by atoms with Crippen molar-refractivity contribution in [3.63, 3.8) is 0 Å². The second-order valence-corrected chi connectivity index (χ2v) is 8.54. The van der Waals surface area contributed by atoms with Gasteiger partial charge in [-0.3, -0.25) is 0 Å². The summed E-state index contributed by atoms with van der Waals surface area (Å²) in [6.45, 7) is 11.9. The molecule has 0 amide bonds. The Morgan fingerprint density at radius 2 is 1.68 bits per heavy atom. The van der Waals surface area contributed by atoms with Gasteiger partial charge < -0.3 is 31.7 Å². The van der Waals surface area contributed by atoms with Crippen LogP contribution in [0, 0.1) is 18.4 Å². The molecule has 0 nitrogen and oxygen atoms in total. The van der Waals surface area contributed by atoms with E-state index in [4.69, 9.17) is 0 Å². The molecule has 0 bridgehead atoms. The predicted molar refractivity (Wildman–Crippen MR) is 121 cm³/mol. The summed E-state index contributed by atoms with van der Waals surface area (Å²) in [6.07, 6.45) is 8.13. The number of hydrogen-bond acceptors (Lipinski definition) is 0. The van der Waals surface area contributed by atoms with Crippen LogP contribution in [0.1, 0.15) is 50.3 Å². The normalized spacial score (nSPS) is 15.4. The van der Waals surface area contributed by atoms with Gasteiger partial charge in [0.05, 0.1) is 0 Å². The monoisotopic (exact) mass is 524 g/mol. The summed E-state index contributed by atoms with van der Waals surface area (Å²) in [5.74, 6) is 0.348. The zero-order chi connectivity index (χ0) is 19.9. The first kappa shape index (κ1) is 27.9. The minimum atomic E-state index is 0. The SMILES string of the molecule is CC(C)(C)C1=CC(c2cc3c(c4[c-]cccc24)Cc2ccccc2-3)C=C1.[CH2-]C.[Cl-].[Cl-].[Zr+4]. The van der Waals surface area contributed by atoms with E-state index < -0.39 is 0 Å². The van der Waals surface area contributed by atoms with Crippen LogP contribution in [0.25, 0.3) is 21.9 Å². The Labute approximate surface area is 219 Å². The Kier molecular flexibility index (Phi) is 10.0. The smallest absolute Gasteiger partial charge is 1.00 e. The van der Waals surface area contributed by atoms with Crippen molar-refractivity contribution >= 4 is 10.8 Å². The maximum atomic E-state index is 3.55. The Balaban J connectivity index is 0.000000935. The maximum absolute atomic E-state index is 3.55. The number of hydrogen-bond donors (Lipinski definition) is 0. The van der Waals surface area contributed by atoms with Crippen molar-refractivity contribution in [1.82, 2.24) is 0 Å². The summed E-state index contributed by atoms with van der Waals surface area (Å²) in [5.41, 5.74) is 8.69. The number of benzene rings is 3. The molecule has 0 heterocycles. The van der Waals surface area contributed by atoms with Gasteiger partial charge in [-0.1, -0.05) is 80.5 Å². The van der Waals surface area contributed by atoms with Gasteiger partial charge in [0.25, 0.3) is 0 Å². The molecule has 0 radical (unpaired) electrons. The predicted octanol–water partition coefficient (Wildman–Crippen LogP) is 1.68. The van der Waals surface area contributed by atoms with Gasteiger partial charge in [-0.25, -0.2) is 0 Å². The van der Waals surface area contributed by atoms with E-state index >= 15 is 0 Å². The molecule has 0 fully saturated rings. The van der Waals surface area contributed by atoms with Gasteiger partial charge in [0.1, 0.15) is 0 Å². The van der Waals surface area contributed by atoms with Crippen LogP contribution in [0.4, 0.5) is 0 Å². The molecule has 3 aromatic rings. The van der Waals surface area contributed by atoms with E-state index in [0.717, 1.165) is 6.42 Å². The standard InChI is InChI=1S/C26H23.C2H5.2ClH.Zr/c1-26(2,3)19-13-12-18(14-19)23-16-25-20-9-5-4-8-17(20)15-24(25)22-11-7-6-10-21(22)23;1-2;;;/h4-10,12-14,16,18H,15H2,1-3H3;1H2,2H3;2*1H;/q2*-1;;;+4/p-2. The van der Waals surface area contributed by atoms with Gasteiger partial charge in [0.2, 0.25) is 0 Å². The number of halogens is 2. The average molecular weight is 527 g/mol. The third-order valence-corrected chi connectivity index (χ3v) is 5.84. The van der Waals surface area contributed by atoms with Crippen molar-refractivity contribution in [3.8, 4) is 11.1 Å². The Hall–Kier alpha value is -1.14. The molecule has 3 heteroatoms. The fourth-order valence-corrected chi connectivity index (χ4v) is 4.41. The van der Waals surface area contributed by atoms with Crippen LogP contribution in [-0.4, -0.2) is 0 Å². The van der Waals surface area contributed by atoms with Gasteiger partial charge in [-0.2, -0.15) is 6.92 Å². The minimum absolute atomic E-state index is 0. The van der Waals surface area contributed by atoms with Gasteiger partial charge in [-0.15, -0.1) is 40.6 Å². The summed E-state index contributed by atoms with van der Waals surface area (Å²) in [4.78, 5) is 0. The number of fused-ring (bicyclic) bond motifs is 5. The van der Waals surface area contributed by atoms with Crippen LogP contribution in [0.15, 0.2) is 72.3 Å². The first-order valence-corrected chi connectivity index (χ1v) is 10.2. The molecule has 2 aliphatic carbocycles. The van der Waals surface area contributed by atoms with Gasteiger partial charge in [-0.05, 0) is 28.5 Å². The average Bonchev–Trinajstić information content (AvgIpc) is 3.34. The molecule has 2 aliphatic rings. The molecule has 0 N–H and O–H groups in total. The van der Waals surface area contributed by atoms with Crippen molar-refractivity contribution in [3.05, 3.63) is 102 Å². The minimum Gasteiger partial charge on any atom is -1.00 e. The molecule has 0 aliphatic heterocycles. The van der Waals surface area contributed by atoms with Gasteiger partial charge >= 0.3 is 26.2 Å². The van der Waals surface area contributed by atoms with Crippen molar-refractivity contribution in [2.45, 2.75) is 40.0 Å². The molecule has 0 saturated carbocycles. The third-order valence-electron chi connectivity index (χ3n) is 5.84. The number of rotatable bonds is 1. The fraction of sp³-hybridized carbons (Fsp3) is 0.250. The van der Waals surface area contributed by atoms with Gasteiger partial charge in [0, 0.05) is 5.92 Å². The fourth-order valence-electron chi connectivity index (χ4n) is 4.41. The van der Waals surface area contributed by atoms with Crippen LogP contribution >= 0.6 is 0 Å². The van der Waals surface area contributed by atoms with E-state index in [1.165, 1.54) is 44.2 Å². The molecule has 1 atom stereocenters. The first-order chi connectivity index (χ1) is 13.5. The zero-order valence-electron chi connectivity index (χ0n) is 18.6. The van der Waals surface area contributed by atoms with Crippen molar-refractivity contribution < 1.29 is 51.0 Å². The molecule has 0 aromatic heterocycles. The molecule has 158 valence electrons. The van der Waals surface area contributed by atoms with Crippen LogP contribution in [0.5, 0.6) is 0 Å². The van der Waals surface area contributed by atoms with Crippen LogP contribution < -0.4 is 24.8 Å². The Bertz CT molecular complexity index is 1100. The topological polar surface area (TPSA) is 0 Å². The van der Waals surface area contributed by atoms with E-state index in [1.54, 1.807) is 6.92 Å². The van der Waals surface area contributed by atoms with Crippen molar-refractivity contribution in [2.75, 3.05) is 0 Å². The Morgan fingerprint density at radius 3 is 2.35 bits per heavy atom. The van der Waals surface area contributed by atoms with E-state index in [0.29, 0.717) is 5.92 Å². The zero-order valence-corrected chi connectivity index (χ0v) is 22.6. The van der Waals surface area contributed by atoms with E-state index in [1.807, 2.05) is 0 Å². The molecule has 5 rings (SSSR count). The summed E-state index contributed by atoms with van der Waals surface area (Å²) in [5, 5.41) is 2.64. The van der Waals surface area contributed by atoms with E-state index in [2.05, 4.69) is 101 Å². The first-order valence-electron chi connectivity index (χ1n) is 10.2. The van der Waals surface area contributed by atoms with Gasteiger partial charge in [0.15, 0.2) is 0 Å². The maximum Gasteiger partial charge on any atom is 4.00 e. The molecular weight excluding hydrogens is 498 g/mol. The quantitative estimate of drug-likeness (QED) is 0.331. The molecule has 3 aromatic carbocycles. The summed E-state index contributed by atoms with van der Waals surface area (Å²) >= 11 is 0. The second kappa shape index (κ2) is 11.1. The molecule has 31 heavy (non-hydrogen) atoms. The molecule has 0 saturated heterocycles. The van der Waals surface area contributed by atoms with Crippen LogP contribution in [-0.2, 0) is 32.6 Å². The Morgan fingerprint density at radius 1 is 0.968 bits per heavy atom. The van der Waals surface area contributed by atoms with Crippen molar-refractivity contribution in [2.24, 2.45) is 5.41 Å². The summed E-state index contributed by atoms with van der Waals surface area (Å²) in [7, 11) is 0. The second-order valence-electron chi connectivity index (χ2n) is 8.54. The number of allylic oxidation sites excluding steroid dienone is 4. The van der Waals surface area contributed by atoms with Crippen LogP contribution in [0.3, 0.4) is 0 Å². The van der Waals surface area contributed by atoms with E-state index in [-0.39, 0.29) is 56.4 Å². The molecular formula is C28H28Cl2Zr. The van der Waals surface area contributed by atoms with E-state index in [9.17, 15) is 0 Å². The summed E-state index contributed by atoms with van der Waals surface area (Å²) in [6, 6.07) is 21.2. The van der Waals surface area contributed by atoms with Crippen molar-refractivity contribution in [1.29, 1.82) is 0 Å². The summed E-state index contributed by atoms with van der Waals surface area (Å²) < 4.78 is 0. The molecule has 1 unspecified atom stereocenters. The largest absolute Gasteiger partial charge is 4.00 e. The van der Waals surface area contributed by atoms with Crippen LogP contribution in [0.2, 0.25) is 0 Å².